The normalized spacial score (nSPS) is 20.5. The van der Waals surface area contributed by atoms with E-state index in [-0.39, 0.29) is 35.2 Å². The van der Waals surface area contributed by atoms with E-state index in [1.807, 2.05) is 30.3 Å². The van der Waals surface area contributed by atoms with E-state index in [1.54, 1.807) is 18.2 Å². The maximum Gasteiger partial charge on any atom is 0.491 e. The maximum atomic E-state index is 16.6. The molecule has 47 heavy (non-hydrogen) atoms. The van der Waals surface area contributed by atoms with Crippen molar-refractivity contribution in [2.75, 3.05) is 19.8 Å². The summed E-state index contributed by atoms with van der Waals surface area (Å²) in [6, 6.07) is 15.8. The zero-order valence-electron chi connectivity index (χ0n) is 25.5. The number of benzene rings is 3. The highest BCUT2D eigenvalue weighted by molar-refractivity contribution is 6.33. The second-order valence-electron chi connectivity index (χ2n) is 11.9. The number of hydrogen-bond acceptors (Lipinski definition) is 7. The van der Waals surface area contributed by atoms with Crippen LogP contribution in [0.2, 0.25) is 5.02 Å². The Kier molecular flexibility index (Phi) is 11.1. The predicted molar refractivity (Wildman–Crippen MR) is 168 cm³/mol. The molecule has 13 heteroatoms. The Morgan fingerprint density at radius 2 is 1.74 bits per heavy atom. The number of nitrogens with two attached hydrogens (primary N) is 2. The molecular weight excluding hydrogens is 642 g/mol. The number of esters is 1. The SMILES string of the molecule is NC(=O)c1cc(OC(=O)C(F)(F)F)c(OC[C@@H]2CCCO2)c(F)c1-c1cc(C(CNC2CCC(N)CC2)c2ccccc2)ccc1Cl. The quantitative estimate of drug-likeness (QED) is 0.124. The van der Waals surface area contributed by atoms with E-state index in [0.29, 0.717) is 26.0 Å². The van der Waals surface area contributed by atoms with Gasteiger partial charge < -0.3 is 31.0 Å². The highest BCUT2D eigenvalue weighted by Gasteiger charge is 2.42. The van der Waals surface area contributed by atoms with Crippen molar-refractivity contribution in [3.8, 4) is 22.6 Å². The number of alkyl halides is 3. The van der Waals surface area contributed by atoms with Crippen molar-refractivity contribution in [3.05, 3.63) is 82.1 Å². The van der Waals surface area contributed by atoms with Crippen molar-refractivity contribution in [1.82, 2.24) is 5.32 Å². The molecule has 1 saturated carbocycles. The summed E-state index contributed by atoms with van der Waals surface area (Å²) in [6.45, 7) is 0.717. The van der Waals surface area contributed by atoms with E-state index in [9.17, 15) is 22.8 Å². The van der Waals surface area contributed by atoms with E-state index in [4.69, 9.17) is 32.5 Å². The Morgan fingerprint density at radius 3 is 2.38 bits per heavy atom. The minimum absolute atomic E-state index is 0.0429. The molecule has 0 bridgehead atoms. The molecule has 5 rings (SSSR count). The first-order valence-electron chi connectivity index (χ1n) is 15.5. The van der Waals surface area contributed by atoms with Gasteiger partial charge in [0.25, 0.3) is 0 Å². The summed E-state index contributed by atoms with van der Waals surface area (Å²) >= 11 is 6.62. The summed E-state index contributed by atoms with van der Waals surface area (Å²) in [6.07, 6.45) is -0.891. The summed E-state index contributed by atoms with van der Waals surface area (Å²) in [4.78, 5) is 24.5. The van der Waals surface area contributed by atoms with Gasteiger partial charge in [0.15, 0.2) is 17.3 Å². The standard InChI is InChI=1S/C34H36ClF4N3O5/c35-27-13-8-20(26(19-5-2-1-3-6-19)17-42-22-11-9-21(40)10-12-22)15-24(27)29-25(32(41)43)16-28(47-33(44)34(37,38)39)31(30(29)36)46-18-23-7-4-14-45-23/h1-3,5-6,8,13,15-16,21-23,26,42H,4,7,9-12,14,17-18,40H2,(H2,41,43)/t21?,22?,23-,26?/m0/s1. The number of hydrogen-bond donors (Lipinski definition) is 3. The lowest BCUT2D eigenvalue weighted by Crippen LogP contribution is -2.39. The first kappa shape index (κ1) is 34.6. The maximum absolute atomic E-state index is 16.6. The zero-order chi connectivity index (χ0) is 33.7. The van der Waals surface area contributed by atoms with Gasteiger partial charge in [-0.25, -0.2) is 9.18 Å². The predicted octanol–water partition coefficient (Wildman–Crippen LogP) is 6.26. The van der Waals surface area contributed by atoms with E-state index < -0.39 is 52.6 Å². The van der Waals surface area contributed by atoms with Crippen LogP contribution >= 0.6 is 11.6 Å². The van der Waals surface area contributed by atoms with Gasteiger partial charge >= 0.3 is 12.1 Å². The number of carbonyl (C=O) groups excluding carboxylic acids is 2. The Hall–Kier alpha value is -3.71. The molecule has 1 amide bonds. The molecule has 1 aliphatic heterocycles. The summed E-state index contributed by atoms with van der Waals surface area (Å²) in [5, 5.41) is 3.68. The van der Waals surface area contributed by atoms with Crippen LogP contribution in [-0.2, 0) is 9.53 Å². The molecule has 2 fully saturated rings. The van der Waals surface area contributed by atoms with E-state index >= 15 is 4.39 Å². The second kappa shape index (κ2) is 15.0. The molecule has 8 nitrogen and oxygen atoms in total. The average molecular weight is 678 g/mol. The molecule has 1 saturated heterocycles. The second-order valence-corrected chi connectivity index (χ2v) is 12.3. The number of nitrogens with one attached hydrogen (secondary N) is 1. The monoisotopic (exact) mass is 677 g/mol. The molecule has 252 valence electrons. The molecule has 5 N–H and O–H groups in total. The lowest BCUT2D eigenvalue weighted by molar-refractivity contribution is -0.189. The smallest absolute Gasteiger partial charge is 0.484 e. The average Bonchev–Trinajstić information content (AvgIpc) is 3.56. The van der Waals surface area contributed by atoms with Gasteiger partial charge in [-0.2, -0.15) is 13.2 Å². The van der Waals surface area contributed by atoms with Gasteiger partial charge in [0.1, 0.15) is 6.61 Å². The van der Waals surface area contributed by atoms with Gasteiger partial charge in [-0.15, -0.1) is 0 Å². The van der Waals surface area contributed by atoms with Crippen LogP contribution in [-0.4, -0.2) is 56.0 Å². The third-order valence-electron chi connectivity index (χ3n) is 8.57. The Morgan fingerprint density at radius 1 is 1.02 bits per heavy atom. The lowest BCUT2D eigenvalue weighted by Gasteiger charge is -2.29. The van der Waals surface area contributed by atoms with Crippen LogP contribution in [0, 0.1) is 5.82 Å². The Balaban J connectivity index is 1.58. The molecule has 3 aromatic rings. The number of amides is 1. The van der Waals surface area contributed by atoms with Gasteiger partial charge in [-0.05, 0) is 67.9 Å². The van der Waals surface area contributed by atoms with Gasteiger partial charge in [-0.3, -0.25) is 4.79 Å². The van der Waals surface area contributed by atoms with Crippen LogP contribution in [0.4, 0.5) is 17.6 Å². The number of rotatable bonds is 11. The molecule has 3 aromatic carbocycles. The van der Waals surface area contributed by atoms with Crippen LogP contribution in [0.25, 0.3) is 11.1 Å². The van der Waals surface area contributed by atoms with Crippen LogP contribution in [0.3, 0.4) is 0 Å². The molecule has 0 aromatic heterocycles. The van der Waals surface area contributed by atoms with Crippen LogP contribution in [0.5, 0.6) is 11.5 Å². The first-order valence-corrected chi connectivity index (χ1v) is 15.8. The molecular formula is C34H36ClF4N3O5. The molecule has 2 aliphatic rings. The third kappa shape index (κ3) is 8.42. The third-order valence-corrected chi connectivity index (χ3v) is 8.90. The minimum Gasteiger partial charge on any atom is -0.484 e. The van der Waals surface area contributed by atoms with Crippen LogP contribution < -0.4 is 26.3 Å². The fraction of sp³-hybridized carbons (Fsp3) is 0.412. The molecule has 1 aliphatic carbocycles. The van der Waals surface area contributed by atoms with Crippen molar-refractivity contribution in [1.29, 1.82) is 0 Å². The van der Waals surface area contributed by atoms with Gasteiger partial charge in [0, 0.05) is 47.3 Å². The van der Waals surface area contributed by atoms with Crippen molar-refractivity contribution < 1.29 is 41.4 Å². The van der Waals surface area contributed by atoms with Crippen molar-refractivity contribution >= 4 is 23.5 Å². The fourth-order valence-corrected chi connectivity index (χ4v) is 6.27. The number of halogens is 5. The van der Waals surface area contributed by atoms with Crippen LogP contribution in [0.1, 0.15) is 65.9 Å². The molecule has 0 spiro atoms. The largest absolute Gasteiger partial charge is 0.491 e. The summed E-state index contributed by atoms with van der Waals surface area (Å²) < 4.78 is 71.7. The minimum atomic E-state index is -5.41. The first-order chi connectivity index (χ1) is 22.4. The van der Waals surface area contributed by atoms with Crippen molar-refractivity contribution in [3.63, 3.8) is 0 Å². The van der Waals surface area contributed by atoms with Crippen molar-refractivity contribution in [2.45, 2.75) is 68.8 Å². The van der Waals surface area contributed by atoms with Crippen molar-refractivity contribution in [2.24, 2.45) is 11.5 Å². The van der Waals surface area contributed by atoms with Gasteiger partial charge in [0.05, 0.1) is 11.7 Å². The van der Waals surface area contributed by atoms with Crippen LogP contribution in [0.15, 0.2) is 54.6 Å². The van der Waals surface area contributed by atoms with Gasteiger partial charge in [0.2, 0.25) is 5.91 Å². The zero-order valence-corrected chi connectivity index (χ0v) is 26.2. The summed E-state index contributed by atoms with van der Waals surface area (Å²) in [5.74, 6) is -7.07. The Bertz CT molecular complexity index is 1580. The lowest BCUT2D eigenvalue weighted by atomic mass is 9.87. The number of carbonyl (C=O) groups is 2. The molecule has 0 radical (unpaired) electrons. The van der Waals surface area contributed by atoms with E-state index in [0.717, 1.165) is 42.9 Å². The highest BCUT2D eigenvalue weighted by atomic mass is 35.5. The Labute approximate surface area is 274 Å². The highest BCUT2D eigenvalue weighted by Crippen LogP contribution is 2.44. The molecule has 1 unspecified atom stereocenters. The molecule has 1 heterocycles. The summed E-state index contributed by atoms with van der Waals surface area (Å²) in [7, 11) is 0. The topological polar surface area (TPSA) is 126 Å². The van der Waals surface area contributed by atoms with E-state index in [1.165, 1.54) is 0 Å². The van der Waals surface area contributed by atoms with Gasteiger partial charge in [-0.1, -0.05) is 48.0 Å². The number of primary amides is 1. The van der Waals surface area contributed by atoms with E-state index in [2.05, 4.69) is 10.1 Å². The fourth-order valence-electron chi connectivity index (χ4n) is 6.06. The molecule has 2 atom stereocenters. The number of ether oxygens (including phenoxy) is 3. The summed E-state index contributed by atoms with van der Waals surface area (Å²) in [5.41, 5.74) is 12.5.